The molecule has 3 amide bonds. The van der Waals surface area contributed by atoms with E-state index in [1.54, 1.807) is 26.5 Å². The predicted molar refractivity (Wildman–Crippen MR) is 128 cm³/mol. The second-order valence-electron chi connectivity index (χ2n) is 8.35. The van der Waals surface area contributed by atoms with Gasteiger partial charge in [0.05, 0.1) is 17.8 Å². The molecular formula is C23H28N8O2. The predicted octanol–water partition coefficient (Wildman–Crippen LogP) is 2.50. The summed E-state index contributed by atoms with van der Waals surface area (Å²) in [5.41, 5.74) is 7.15. The molecular weight excluding hydrogens is 420 g/mol. The largest absolute Gasteiger partial charge is 0.364 e. The molecule has 0 saturated carbocycles. The van der Waals surface area contributed by atoms with Crippen molar-refractivity contribution in [2.45, 2.75) is 31.8 Å². The van der Waals surface area contributed by atoms with Crippen molar-refractivity contribution in [2.24, 2.45) is 5.73 Å². The summed E-state index contributed by atoms with van der Waals surface area (Å²) in [6, 6.07) is 9.40. The fourth-order valence-electron chi connectivity index (χ4n) is 4.01. The third kappa shape index (κ3) is 4.79. The Morgan fingerprint density at radius 3 is 2.79 bits per heavy atom. The zero-order chi connectivity index (χ0) is 23.5. The molecule has 1 fully saturated rings. The SMILES string of the molecule is C[C@@H]1[C@H](NC(=O)N(C)C)CCCN1c1cnc(C(N)=O)c(Nc2ccc3cccnc3c2)n1. The highest BCUT2D eigenvalue weighted by Gasteiger charge is 2.31. The molecule has 10 nitrogen and oxygen atoms in total. The summed E-state index contributed by atoms with van der Waals surface area (Å²) in [6.07, 6.45) is 5.05. The Bertz CT molecular complexity index is 1180. The van der Waals surface area contributed by atoms with Crippen molar-refractivity contribution in [3.63, 3.8) is 0 Å². The molecule has 0 radical (unpaired) electrons. The number of hydrogen-bond donors (Lipinski definition) is 3. The number of carbonyl (C=O) groups is 2. The highest BCUT2D eigenvalue weighted by molar-refractivity contribution is 5.96. The molecule has 10 heteroatoms. The van der Waals surface area contributed by atoms with Crippen molar-refractivity contribution in [1.29, 1.82) is 0 Å². The number of nitrogens with one attached hydrogen (secondary N) is 2. The van der Waals surface area contributed by atoms with Gasteiger partial charge in [-0.2, -0.15) is 0 Å². The lowest BCUT2D eigenvalue weighted by atomic mass is 9.97. The number of pyridine rings is 1. The van der Waals surface area contributed by atoms with E-state index in [-0.39, 0.29) is 29.6 Å². The van der Waals surface area contributed by atoms with Gasteiger partial charge in [-0.05, 0) is 38.0 Å². The molecule has 1 aliphatic rings. The Morgan fingerprint density at radius 2 is 2.03 bits per heavy atom. The van der Waals surface area contributed by atoms with E-state index >= 15 is 0 Å². The number of primary amides is 1. The molecule has 0 spiro atoms. The summed E-state index contributed by atoms with van der Waals surface area (Å²) in [5.74, 6) is 0.220. The van der Waals surface area contributed by atoms with Crippen LogP contribution in [-0.4, -0.2) is 64.5 Å². The van der Waals surface area contributed by atoms with Crippen LogP contribution in [0, 0.1) is 0 Å². The van der Waals surface area contributed by atoms with Crippen LogP contribution in [0.4, 0.5) is 22.1 Å². The van der Waals surface area contributed by atoms with Gasteiger partial charge in [-0.3, -0.25) is 9.78 Å². The number of nitrogens with zero attached hydrogens (tertiary/aromatic N) is 5. The quantitative estimate of drug-likeness (QED) is 0.547. The maximum absolute atomic E-state index is 12.2. The Balaban J connectivity index is 1.62. The third-order valence-corrected chi connectivity index (χ3v) is 5.86. The maximum atomic E-state index is 12.2. The third-order valence-electron chi connectivity index (χ3n) is 5.86. The first-order valence-electron chi connectivity index (χ1n) is 10.9. The zero-order valence-corrected chi connectivity index (χ0v) is 18.9. The lowest BCUT2D eigenvalue weighted by molar-refractivity contribution is 0.0996. The first-order chi connectivity index (χ1) is 15.8. The van der Waals surface area contributed by atoms with Crippen LogP contribution in [0.2, 0.25) is 0 Å². The van der Waals surface area contributed by atoms with E-state index in [0.717, 1.165) is 36.0 Å². The molecule has 1 aromatic carbocycles. The fraction of sp³-hybridized carbons (Fsp3) is 0.348. The van der Waals surface area contributed by atoms with Gasteiger partial charge in [-0.25, -0.2) is 14.8 Å². The lowest BCUT2D eigenvalue weighted by Crippen LogP contribution is -2.56. The summed E-state index contributed by atoms with van der Waals surface area (Å²) < 4.78 is 0. The molecule has 172 valence electrons. The highest BCUT2D eigenvalue weighted by atomic mass is 16.2. The van der Waals surface area contributed by atoms with Crippen LogP contribution in [0.25, 0.3) is 10.9 Å². The number of urea groups is 1. The first kappa shape index (κ1) is 22.3. The summed E-state index contributed by atoms with van der Waals surface area (Å²) in [5, 5.41) is 7.26. The number of piperidine rings is 1. The van der Waals surface area contributed by atoms with Crippen molar-refractivity contribution in [3.05, 3.63) is 48.4 Å². The monoisotopic (exact) mass is 448 g/mol. The second-order valence-corrected chi connectivity index (χ2v) is 8.35. The van der Waals surface area contributed by atoms with Crippen LogP contribution in [0.3, 0.4) is 0 Å². The van der Waals surface area contributed by atoms with Crippen molar-refractivity contribution in [2.75, 3.05) is 30.9 Å². The molecule has 3 aromatic rings. The van der Waals surface area contributed by atoms with E-state index in [1.165, 1.54) is 4.90 Å². The lowest BCUT2D eigenvalue weighted by Gasteiger charge is -2.40. The molecule has 2 aromatic heterocycles. The molecule has 4 rings (SSSR count). The molecule has 0 unspecified atom stereocenters. The first-order valence-corrected chi connectivity index (χ1v) is 10.9. The smallest absolute Gasteiger partial charge is 0.317 e. The number of anilines is 3. The second kappa shape index (κ2) is 9.27. The van der Waals surface area contributed by atoms with E-state index in [9.17, 15) is 9.59 Å². The van der Waals surface area contributed by atoms with Gasteiger partial charge in [0.15, 0.2) is 11.5 Å². The van der Waals surface area contributed by atoms with Gasteiger partial charge < -0.3 is 26.2 Å². The Labute approximate surface area is 192 Å². The van der Waals surface area contributed by atoms with Gasteiger partial charge in [0, 0.05) is 44.0 Å². The van der Waals surface area contributed by atoms with Crippen LogP contribution in [0.1, 0.15) is 30.3 Å². The minimum absolute atomic E-state index is 0.00547. The van der Waals surface area contributed by atoms with Gasteiger partial charge in [-0.15, -0.1) is 0 Å². The van der Waals surface area contributed by atoms with E-state index < -0.39 is 5.91 Å². The number of carbonyl (C=O) groups excluding carboxylic acids is 2. The summed E-state index contributed by atoms with van der Waals surface area (Å²) in [7, 11) is 3.43. The Hall–Kier alpha value is -3.95. The number of nitrogens with two attached hydrogens (primary N) is 1. The topological polar surface area (TPSA) is 129 Å². The number of benzene rings is 1. The maximum Gasteiger partial charge on any atom is 0.317 e. The molecule has 3 heterocycles. The number of hydrogen-bond acceptors (Lipinski definition) is 7. The number of rotatable bonds is 5. The number of aromatic nitrogens is 3. The average molecular weight is 449 g/mol. The van der Waals surface area contributed by atoms with Crippen LogP contribution in [0.5, 0.6) is 0 Å². The van der Waals surface area contributed by atoms with Crippen LogP contribution < -0.4 is 21.3 Å². The van der Waals surface area contributed by atoms with Crippen molar-refractivity contribution >= 4 is 40.2 Å². The van der Waals surface area contributed by atoms with Crippen molar-refractivity contribution in [3.8, 4) is 0 Å². The summed E-state index contributed by atoms with van der Waals surface area (Å²) in [6.45, 7) is 2.81. The summed E-state index contributed by atoms with van der Waals surface area (Å²) >= 11 is 0. The molecule has 4 N–H and O–H groups in total. The van der Waals surface area contributed by atoms with E-state index in [0.29, 0.717) is 5.82 Å². The number of fused-ring (bicyclic) bond motifs is 1. The normalized spacial score (nSPS) is 18.1. The van der Waals surface area contributed by atoms with Crippen molar-refractivity contribution in [1.82, 2.24) is 25.2 Å². The molecule has 0 aliphatic carbocycles. The minimum Gasteiger partial charge on any atom is -0.364 e. The van der Waals surface area contributed by atoms with Gasteiger partial charge in [0.1, 0.15) is 5.82 Å². The molecule has 33 heavy (non-hydrogen) atoms. The van der Waals surface area contributed by atoms with Gasteiger partial charge in [0.2, 0.25) is 0 Å². The number of amides is 3. The van der Waals surface area contributed by atoms with Crippen LogP contribution in [-0.2, 0) is 0 Å². The average Bonchev–Trinajstić information content (AvgIpc) is 2.80. The molecule has 0 bridgehead atoms. The van der Waals surface area contributed by atoms with Gasteiger partial charge in [-0.1, -0.05) is 12.1 Å². The molecule has 1 saturated heterocycles. The fourth-order valence-corrected chi connectivity index (χ4v) is 4.01. The van der Waals surface area contributed by atoms with Crippen LogP contribution >= 0.6 is 0 Å². The van der Waals surface area contributed by atoms with E-state index in [1.807, 2.05) is 37.3 Å². The highest BCUT2D eigenvalue weighted by Crippen LogP contribution is 2.27. The van der Waals surface area contributed by atoms with E-state index in [2.05, 4.69) is 25.5 Å². The summed E-state index contributed by atoms with van der Waals surface area (Å²) in [4.78, 5) is 41.2. The Kier molecular flexibility index (Phi) is 6.25. The Morgan fingerprint density at radius 1 is 1.21 bits per heavy atom. The van der Waals surface area contributed by atoms with Crippen molar-refractivity contribution < 1.29 is 9.59 Å². The van der Waals surface area contributed by atoms with Gasteiger partial charge >= 0.3 is 6.03 Å². The van der Waals surface area contributed by atoms with Crippen LogP contribution in [0.15, 0.2) is 42.7 Å². The minimum atomic E-state index is -0.668. The van der Waals surface area contributed by atoms with Gasteiger partial charge in [0.25, 0.3) is 5.91 Å². The standard InChI is InChI=1S/C23H28N8O2/c1-14-17(28-23(33)30(2)3)7-5-11-31(14)19-13-26-20(21(24)32)22(29-19)27-16-9-8-15-6-4-10-25-18(15)12-16/h4,6,8-10,12-14,17H,5,7,11H2,1-3H3,(H2,24,32)(H,27,29)(H,28,33)/t14-,17-/m1/s1. The molecule has 1 aliphatic heterocycles. The molecule has 2 atom stereocenters. The zero-order valence-electron chi connectivity index (χ0n) is 18.9. The van der Waals surface area contributed by atoms with E-state index in [4.69, 9.17) is 10.7 Å².